The molecule has 1 unspecified atom stereocenters. The van der Waals surface area contributed by atoms with Crippen LogP contribution in [0.4, 0.5) is 0 Å². The Morgan fingerprint density at radius 3 is 2.70 bits per heavy atom. The first kappa shape index (κ1) is 15.9. The predicted molar refractivity (Wildman–Crippen MR) is 92.6 cm³/mol. The number of nitrogens with one attached hydrogen (secondary N) is 1. The highest BCUT2D eigenvalue weighted by atomic mass is 79.9. The molecule has 0 saturated heterocycles. The molecule has 1 atom stereocenters. The summed E-state index contributed by atoms with van der Waals surface area (Å²) in [6, 6.07) is 14.8. The molecule has 4 heteroatoms. The minimum absolute atomic E-state index is 0.330. The van der Waals surface area contributed by atoms with Gasteiger partial charge in [0.1, 0.15) is 0 Å². The summed E-state index contributed by atoms with van der Waals surface area (Å²) in [5.74, 6) is 0.875. The summed E-state index contributed by atoms with van der Waals surface area (Å²) in [4.78, 5) is 1.28. The van der Waals surface area contributed by atoms with Crippen molar-refractivity contribution in [3.63, 3.8) is 0 Å². The van der Waals surface area contributed by atoms with E-state index < -0.39 is 0 Å². The molecule has 0 radical (unpaired) electrons. The van der Waals surface area contributed by atoms with Crippen LogP contribution in [0.15, 0.2) is 51.8 Å². The fourth-order valence-corrected chi connectivity index (χ4v) is 3.90. The average molecular weight is 371 g/mol. The van der Waals surface area contributed by atoms with Crippen molar-refractivity contribution in [1.82, 2.24) is 5.32 Å². The third-order valence-electron chi connectivity index (χ3n) is 3.22. The van der Waals surface area contributed by atoms with Crippen molar-refractivity contribution in [1.29, 1.82) is 0 Å². The summed E-state index contributed by atoms with van der Waals surface area (Å²) < 4.78 is 1.10. The Kier molecular flexibility index (Phi) is 5.97. The smallest absolute Gasteiger partial charge is 0.0446 e. The van der Waals surface area contributed by atoms with E-state index in [2.05, 4.69) is 52.4 Å². The van der Waals surface area contributed by atoms with E-state index in [-0.39, 0.29) is 0 Å². The standard InChI is InChI=1S/C16H17BrClNS/c1-11(19-2)14-8-7-13(17)9-16(14)20-10-12-5-3-4-6-15(12)18/h3-9,11,19H,10H2,1-2H3. The summed E-state index contributed by atoms with van der Waals surface area (Å²) in [6.07, 6.45) is 0. The van der Waals surface area contributed by atoms with Crippen LogP contribution in [0.2, 0.25) is 5.02 Å². The lowest BCUT2D eigenvalue weighted by Gasteiger charge is -2.16. The first-order valence-electron chi connectivity index (χ1n) is 6.44. The zero-order valence-electron chi connectivity index (χ0n) is 11.5. The van der Waals surface area contributed by atoms with E-state index in [9.17, 15) is 0 Å². The van der Waals surface area contributed by atoms with Gasteiger partial charge in [-0.1, -0.05) is 51.8 Å². The van der Waals surface area contributed by atoms with E-state index in [1.54, 1.807) is 0 Å². The summed E-state index contributed by atoms with van der Waals surface area (Å²) in [6.45, 7) is 2.17. The first-order valence-corrected chi connectivity index (χ1v) is 8.60. The molecular weight excluding hydrogens is 354 g/mol. The highest BCUT2D eigenvalue weighted by Gasteiger charge is 2.10. The first-order chi connectivity index (χ1) is 9.61. The van der Waals surface area contributed by atoms with Crippen LogP contribution in [0.5, 0.6) is 0 Å². The summed E-state index contributed by atoms with van der Waals surface area (Å²) in [5.41, 5.74) is 2.48. The van der Waals surface area contributed by atoms with Crippen LogP contribution >= 0.6 is 39.3 Å². The highest BCUT2D eigenvalue weighted by molar-refractivity contribution is 9.10. The molecule has 2 rings (SSSR count). The van der Waals surface area contributed by atoms with Crippen molar-refractivity contribution in [2.45, 2.75) is 23.6 Å². The lowest BCUT2D eigenvalue weighted by atomic mass is 10.1. The van der Waals surface area contributed by atoms with Gasteiger partial charge >= 0.3 is 0 Å². The van der Waals surface area contributed by atoms with Gasteiger partial charge in [-0.25, -0.2) is 0 Å². The monoisotopic (exact) mass is 369 g/mol. The highest BCUT2D eigenvalue weighted by Crippen LogP contribution is 2.33. The zero-order chi connectivity index (χ0) is 14.5. The maximum Gasteiger partial charge on any atom is 0.0446 e. The molecule has 0 aliphatic carbocycles. The van der Waals surface area contributed by atoms with Gasteiger partial charge in [0, 0.05) is 26.2 Å². The van der Waals surface area contributed by atoms with Crippen LogP contribution in [-0.4, -0.2) is 7.05 Å². The normalized spacial score (nSPS) is 12.4. The van der Waals surface area contributed by atoms with Gasteiger partial charge in [-0.15, -0.1) is 11.8 Å². The average Bonchev–Trinajstić information content (AvgIpc) is 2.46. The number of thioether (sulfide) groups is 1. The van der Waals surface area contributed by atoms with Crippen molar-refractivity contribution in [3.8, 4) is 0 Å². The second kappa shape index (κ2) is 7.51. The quantitative estimate of drug-likeness (QED) is 0.680. The molecule has 0 heterocycles. The Hall–Kier alpha value is -0.480. The Morgan fingerprint density at radius 1 is 1.25 bits per heavy atom. The second-order valence-corrected chi connectivity index (χ2v) is 6.91. The number of benzene rings is 2. The van der Waals surface area contributed by atoms with Crippen LogP contribution in [0, 0.1) is 0 Å². The van der Waals surface area contributed by atoms with Crippen LogP contribution in [0.3, 0.4) is 0 Å². The van der Waals surface area contributed by atoms with Crippen molar-refractivity contribution >= 4 is 39.3 Å². The van der Waals surface area contributed by atoms with Gasteiger partial charge in [-0.3, -0.25) is 0 Å². The van der Waals surface area contributed by atoms with E-state index in [1.165, 1.54) is 16.0 Å². The molecule has 0 aliphatic rings. The van der Waals surface area contributed by atoms with Gasteiger partial charge in [-0.2, -0.15) is 0 Å². The largest absolute Gasteiger partial charge is 0.313 e. The summed E-state index contributed by atoms with van der Waals surface area (Å²) in [5, 5.41) is 4.13. The van der Waals surface area contributed by atoms with Crippen molar-refractivity contribution in [2.24, 2.45) is 0 Å². The Morgan fingerprint density at radius 2 is 2.00 bits per heavy atom. The van der Waals surface area contributed by atoms with Crippen LogP contribution in [0.1, 0.15) is 24.1 Å². The van der Waals surface area contributed by atoms with E-state index in [4.69, 9.17) is 11.6 Å². The lowest BCUT2D eigenvalue weighted by Crippen LogP contribution is -2.13. The molecule has 106 valence electrons. The molecule has 2 aromatic rings. The van der Waals surface area contributed by atoms with Crippen molar-refractivity contribution in [2.75, 3.05) is 7.05 Å². The minimum atomic E-state index is 0.330. The van der Waals surface area contributed by atoms with E-state index in [1.807, 2.05) is 37.0 Å². The summed E-state index contributed by atoms with van der Waals surface area (Å²) in [7, 11) is 1.98. The lowest BCUT2D eigenvalue weighted by molar-refractivity contribution is 0.641. The van der Waals surface area contributed by atoms with Gasteiger partial charge in [0.25, 0.3) is 0 Å². The maximum atomic E-state index is 6.22. The molecule has 0 saturated carbocycles. The van der Waals surface area contributed by atoms with Gasteiger partial charge in [0.05, 0.1) is 0 Å². The molecule has 0 aromatic heterocycles. The van der Waals surface area contributed by atoms with E-state index >= 15 is 0 Å². The molecule has 0 bridgehead atoms. The van der Waals surface area contributed by atoms with Crippen LogP contribution in [0.25, 0.3) is 0 Å². The molecule has 0 spiro atoms. The van der Waals surface area contributed by atoms with Gasteiger partial charge in [-0.05, 0) is 43.3 Å². The molecule has 0 aliphatic heterocycles. The molecular formula is C16H17BrClNS. The van der Waals surface area contributed by atoms with Gasteiger partial charge in [0.2, 0.25) is 0 Å². The third kappa shape index (κ3) is 4.01. The zero-order valence-corrected chi connectivity index (χ0v) is 14.6. The van der Waals surface area contributed by atoms with Crippen LogP contribution in [-0.2, 0) is 5.75 Å². The molecule has 1 N–H and O–H groups in total. The fraction of sp³-hybridized carbons (Fsp3) is 0.250. The SMILES string of the molecule is CNC(C)c1ccc(Br)cc1SCc1ccccc1Cl. The summed E-state index contributed by atoms with van der Waals surface area (Å²) >= 11 is 11.6. The maximum absolute atomic E-state index is 6.22. The third-order valence-corrected chi connectivity index (χ3v) is 5.20. The Bertz CT molecular complexity index is 588. The van der Waals surface area contributed by atoms with Crippen molar-refractivity contribution in [3.05, 3.63) is 63.1 Å². The predicted octanol–water partition coefficient (Wildman–Crippen LogP) is 5.68. The Labute approximate surface area is 138 Å². The van der Waals surface area contributed by atoms with Gasteiger partial charge in [0.15, 0.2) is 0 Å². The second-order valence-electron chi connectivity index (χ2n) is 4.57. The van der Waals surface area contributed by atoms with E-state index in [0.717, 1.165) is 15.2 Å². The minimum Gasteiger partial charge on any atom is -0.313 e. The molecule has 1 nitrogen and oxygen atoms in total. The van der Waals surface area contributed by atoms with Crippen LogP contribution < -0.4 is 5.32 Å². The number of hydrogen-bond acceptors (Lipinski definition) is 2. The molecule has 0 amide bonds. The fourth-order valence-electron chi connectivity index (χ4n) is 1.92. The molecule has 20 heavy (non-hydrogen) atoms. The molecule has 2 aromatic carbocycles. The Balaban J connectivity index is 2.20. The van der Waals surface area contributed by atoms with E-state index in [0.29, 0.717) is 6.04 Å². The number of hydrogen-bond donors (Lipinski definition) is 1. The van der Waals surface area contributed by atoms with Gasteiger partial charge < -0.3 is 5.32 Å². The van der Waals surface area contributed by atoms with Crippen molar-refractivity contribution < 1.29 is 0 Å². The molecule has 0 fully saturated rings. The number of halogens is 2. The number of rotatable bonds is 5. The topological polar surface area (TPSA) is 12.0 Å².